The number of carboxylic acid groups (broad SMARTS) is 1. The molecule has 0 aromatic rings. The Morgan fingerprint density at radius 1 is 1.08 bits per heavy atom. The summed E-state index contributed by atoms with van der Waals surface area (Å²) in [5, 5.41) is 10.8. The molecule has 0 spiro atoms. The smallest absolute Gasteiger partial charge is 0.425 e. The van der Waals surface area contributed by atoms with Crippen molar-refractivity contribution >= 4 is 11.9 Å². The number of carbonyl (C=O) groups excluding carboxylic acids is 1. The van der Waals surface area contributed by atoms with Gasteiger partial charge in [0, 0.05) is 5.41 Å². The standard InChI is InChI=1S/C16H19F6NO3/c17-11(16(20,21)22)15(18,19)14-4-8-1-9(5-14)3-13(2-8,7-14)12(26)23-6-10(24)25/h8-9,11H,1-7H2,(H,23,26)(H,24,25). The van der Waals surface area contributed by atoms with E-state index in [1.54, 1.807) is 0 Å². The molecule has 4 bridgehead atoms. The van der Waals surface area contributed by atoms with E-state index in [1.807, 2.05) is 0 Å². The van der Waals surface area contributed by atoms with Crippen molar-refractivity contribution in [1.29, 1.82) is 0 Å². The minimum atomic E-state index is -5.69. The summed E-state index contributed by atoms with van der Waals surface area (Å²) in [6.45, 7) is -0.701. The highest BCUT2D eigenvalue weighted by atomic mass is 19.4. The lowest BCUT2D eigenvalue weighted by Crippen LogP contribution is -2.65. The summed E-state index contributed by atoms with van der Waals surface area (Å²) in [4.78, 5) is 23.1. The van der Waals surface area contributed by atoms with Gasteiger partial charge in [0.25, 0.3) is 12.1 Å². The molecule has 3 unspecified atom stereocenters. The van der Waals surface area contributed by atoms with Gasteiger partial charge in [-0.1, -0.05) is 0 Å². The van der Waals surface area contributed by atoms with Crippen molar-refractivity contribution in [2.45, 2.75) is 56.8 Å². The van der Waals surface area contributed by atoms with Crippen LogP contribution in [0.1, 0.15) is 38.5 Å². The summed E-state index contributed by atoms with van der Waals surface area (Å²) in [6, 6.07) is 0. The highest BCUT2D eigenvalue weighted by Gasteiger charge is 2.73. The highest BCUT2D eigenvalue weighted by Crippen LogP contribution is 2.70. The van der Waals surface area contributed by atoms with E-state index in [-0.39, 0.29) is 25.7 Å². The van der Waals surface area contributed by atoms with Crippen molar-refractivity contribution in [3.63, 3.8) is 0 Å². The summed E-state index contributed by atoms with van der Waals surface area (Å²) >= 11 is 0. The molecule has 0 aromatic heterocycles. The quantitative estimate of drug-likeness (QED) is 0.712. The monoisotopic (exact) mass is 387 g/mol. The number of nitrogens with one attached hydrogen (secondary N) is 1. The molecule has 0 radical (unpaired) electrons. The zero-order valence-corrected chi connectivity index (χ0v) is 13.7. The molecule has 2 N–H and O–H groups in total. The Kier molecular flexibility index (Phi) is 4.27. The van der Waals surface area contributed by atoms with Gasteiger partial charge < -0.3 is 10.4 Å². The van der Waals surface area contributed by atoms with Crippen LogP contribution < -0.4 is 5.32 Å². The molecule has 26 heavy (non-hydrogen) atoms. The minimum Gasteiger partial charge on any atom is -0.480 e. The average Bonchev–Trinajstić information content (AvgIpc) is 2.49. The van der Waals surface area contributed by atoms with Crippen LogP contribution in [0.4, 0.5) is 26.3 Å². The second kappa shape index (κ2) is 5.76. The number of hydrogen-bond donors (Lipinski definition) is 2. The van der Waals surface area contributed by atoms with E-state index >= 15 is 0 Å². The van der Waals surface area contributed by atoms with E-state index in [0.717, 1.165) is 0 Å². The molecule has 4 fully saturated rings. The van der Waals surface area contributed by atoms with Crippen molar-refractivity contribution < 1.29 is 41.0 Å². The maximum Gasteiger partial charge on any atom is 0.425 e. The number of carboxylic acids is 1. The van der Waals surface area contributed by atoms with Gasteiger partial charge in [0.2, 0.25) is 5.91 Å². The first-order chi connectivity index (χ1) is 11.8. The Morgan fingerprint density at radius 2 is 1.62 bits per heavy atom. The average molecular weight is 387 g/mol. The van der Waals surface area contributed by atoms with Gasteiger partial charge in [-0.3, -0.25) is 9.59 Å². The molecular formula is C16H19F6NO3. The van der Waals surface area contributed by atoms with E-state index in [4.69, 9.17) is 5.11 Å². The molecule has 10 heteroatoms. The molecule has 4 saturated carbocycles. The van der Waals surface area contributed by atoms with Crippen LogP contribution in [-0.2, 0) is 9.59 Å². The molecule has 148 valence electrons. The highest BCUT2D eigenvalue weighted by molar-refractivity contribution is 5.86. The van der Waals surface area contributed by atoms with Gasteiger partial charge in [0.1, 0.15) is 6.54 Å². The Balaban J connectivity index is 1.92. The third kappa shape index (κ3) is 2.85. The summed E-state index contributed by atoms with van der Waals surface area (Å²) in [5.41, 5.74) is -3.58. The van der Waals surface area contributed by atoms with Gasteiger partial charge in [-0.25, -0.2) is 13.2 Å². The number of aliphatic carboxylic acids is 1. The fraction of sp³-hybridized carbons (Fsp3) is 0.875. The van der Waals surface area contributed by atoms with E-state index in [2.05, 4.69) is 5.32 Å². The maximum atomic E-state index is 14.7. The van der Waals surface area contributed by atoms with Crippen LogP contribution in [0.3, 0.4) is 0 Å². The molecule has 0 heterocycles. The van der Waals surface area contributed by atoms with E-state index in [9.17, 15) is 35.9 Å². The molecular weight excluding hydrogens is 368 g/mol. The van der Waals surface area contributed by atoms with Crippen molar-refractivity contribution in [3.8, 4) is 0 Å². The van der Waals surface area contributed by atoms with E-state index in [1.165, 1.54) is 0 Å². The van der Waals surface area contributed by atoms with Gasteiger partial charge in [-0.15, -0.1) is 0 Å². The molecule has 0 aliphatic heterocycles. The fourth-order valence-corrected chi connectivity index (χ4v) is 5.74. The second-order valence-corrected chi connectivity index (χ2v) is 8.13. The third-order valence-corrected chi connectivity index (χ3v) is 6.26. The largest absolute Gasteiger partial charge is 0.480 e. The van der Waals surface area contributed by atoms with Crippen molar-refractivity contribution in [1.82, 2.24) is 5.32 Å². The Morgan fingerprint density at radius 3 is 2.08 bits per heavy atom. The van der Waals surface area contributed by atoms with Crippen molar-refractivity contribution in [2.24, 2.45) is 22.7 Å². The summed E-state index contributed by atoms with van der Waals surface area (Å²) < 4.78 is 81.2. The fourth-order valence-electron chi connectivity index (χ4n) is 5.74. The van der Waals surface area contributed by atoms with Crippen LogP contribution in [0, 0.1) is 22.7 Å². The van der Waals surface area contributed by atoms with Crippen molar-refractivity contribution in [3.05, 3.63) is 0 Å². The summed E-state index contributed by atoms with van der Waals surface area (Å²) in [6.07, 6.45) is -10.1. The molecule has 4 nitrogen and oxygen atoms in total. The normalized spacial score (nSPS) is 37.5. The second-order valence-electron chi connectivity index (χ2n) is 8.13. The summed E-state index contributed by atoms with van der Waals surface area (Å²) in [5.74, 6) is -7.47. The number of hydrogen-bond acceptors (Lipinski definition) is 2. The predicted molar refractivity (Wildman–Crippen MR) is 76.1 cm³/mol. The van der Waals surface area contributed by atoms with Crippen LogP contribution in [0.2, 0.25) is 0 Å². The minimum absolute atomic E-state index is 0.218. The molecule has 3 atom stereocenters. The molecule has 1 amide bonds. The number of halogens is 6. The topological polar surface area (TPSA) is 66.4 Å². The van der Waals surface area contributed by atoms with Crippen LogP contribution in [0.5, 0.6) is 0 Å². The van der Waals surface area contributed by atoms with Crippen molar-refractivity contribution in [2.75, 3.05) is 6.54 Å². The van der Waals surface area contributed by atoms with E-state index < -0.39 is 65.8 Å². The molecule has 4 aliphatic rings. The molecule has 0 aromatic carbocycles. The number of amides is 1. The first kappa shape index (κ1) is 19.3. The zero-order valence-electron chi connectivity index (χ0n) is 13.7. The zero-order chi connectivity index (χ0) is 19.5. The van der Waals surface area contributed by atoms with Crippen LogP contribution in [0.25, 0.3) is 0 Å². The Hall–Kier alpha value is -1.48. The molecule has 0 saturated heterocycles. The molecule has 4 aliphatic carbocycles. The molecule has 4 rings (SSSR count). The van der Waals surface area contributed by atoms with Crippen LogP contribution >= 0.6 is 0 Å². The summed E-state index contributed by atoms with van der Waals surface area (Å²) in [7, 11) is 0. The Labute approximate surface area is 145 Å². The maximum absolute atomic E-state index is 14.7. The third-order valence-electron chi connectivity index (χ3n) is 6.26. The van der Waals surface area contributed by atoms with Crippen LogP contribution in [0.15, 0.2) is 0 Å². The van der Waals surface area contributed by atoms with Gasteiger partial charge in [0.15, 0.2) is 0 Å². The van der Waals surface area contributed by atoms with Gasteiger partial charge in [-0.05, 0) is 50.4 Å². The van der Waals surface area contributed by atoms with Crippen LogP contribution in [-0.4, -0.2) is 41.8 Å². The van der Waals surface area contributed by atoms with Gasteiger partial charge >= 0.3 is 12.1 Å². The van der Waals surface area contributed by atoms with Gasteiger partial charge in [-0.2, -0.15) is 13.2 Å². The first-order valence-corrected chi connectivity index (χ1v) is 8.40. The predicted octanol–water partition coefficient (Wildman–Crippen LogP) is 3.31. The Bertz CT molecular complexity index is 606. The lowest BCUT2D eigenvalue weighted by Gasteiger charge is -2.63. The first-order valence-electron chi connectivity index (χ1n) is 8.40. The number of alkyl halides is 6. The van der Waals surface area contributed by atoms with Gasteiger partial charge in [0.05, 0.1) is 5.41 Å². The SMILES string of the molecule is O=C(O)CNC(=O)C12CC3CC(C1)CC(C(F)(F)C(F)C(F)(F)F)(C3)C2. The number of carbonyl (C=O) groups is 2. The lowest BCUT2D eigenvalue weighted by atomic mass is 9.42. The van der Waals surface area contributed by atoms with E-state index in [0.29, 0.717) is 6.42 Å². The number of rotatable bonds is 5. The lowest BCUT2D eigenvalue weighted by molar-refractivity contribution is -0.305.